The Labute approximate surface area is 67.2 Å². The van der Waals surface area contributed by atoms with E-state index in [1.54, 1.807) is 0 Å². The monoisotopic (exact) mass is 169 g/mol. The molecule has 3 heteroatoms. The lowest BCUT2D eigenvalue weighted by molar-refractivity contribution is 0.324. The Bertz CT molecular complexity index is 81.1. The molecule has 0 spiro atoms. The van der Waals surface area contributed by atoms with Gasteiger partial charge in [0, 0.05) is 5.54 Å². The van der Waals surface area contributed by atoms with Crippen LogP contribution in [0.4, 0.5) is 0 Å². The molecule has 0 aromatic carbocycles. The van der Waals surface area contributed by atoms with Crippen LogP contribution in [0.5, 0.6) is 0 Å². The highest BCUT2D eigenvalue weighted by Gasteiger charge is 2.22. The zero-order valence-corrected chi connectivity index (χ0v) is 7.63. The van der Waals surface area contributed by atoms with Crippen molar-refractivity contribution < 1.29 is 0 Å². The van der Waals surface area contributed by atoms with Crippen LogP contribution in [0.3, 0.4) is 0 Å². The molecule has 0 fully saturated rings. The summed E-state index contributed by atoms with van der Waals surface area (Å²) in [7, 11) is 0. The molecule has 56 valence electrons. The zero-order chi connectivity index (χ0) is 7.49. The summed E-state index contributed by atoms with van der Waals surface area (Å²) in [4.78, 5) is 0. The predicted octanol–water partition coefficient (Wildman–Crippen LogP) is 3.17. The maximum Gasteiger partial charge on any atom is 0.0470 e. The Kier molecular flexibility index (Phi) is 3.86. The van der Waals surface area contributed by atoms with E-state index in [1.807, 2.05) is 13.8 Å². The highest BCUT2D eigenvalue weighted by atomic mass is 35.5. The van der Waals surface area contributed by atoms with Gasteiger partial charge in [-0.3, -0.25) is 0 Å². The van der Waals surface area contributed by atoms with Crippen molar-refractivity contribution in [2.24, 2.45) is 0 Å². The smallest absolute Gasteiger partial charge is 0.0470 e. The molecular formula is C6H13Cl2N. The summed E-state index contributed by atoms with van der Waals surface area (Å²) in [6.45, 7) is 6.13. The minimum absolute atomic E-state index is 0.0855. The van der Waals surface area contributed by atoms with Gasteiger partial charge in [-0.25, -0.2) is 0 Å². The molecule has 0 radical (unpaired) electrons. The maximum atomic E-state index is 5.55. The standard InChI is InChI=1S/C6H13Cl2N/c1-4-5-6(2,3)9(7)8/h4-5H2,1-3H3. The highest BCUT2D eigenvalue weighted by molar-refractivity contribution is 6.34. The van der Waals surface area contributed by atoms with E-state index in [9.17, 15) is 0 Å². The quantitative estimate of drug-likeness (QED) is 0.588. The number of hydrogen-bond donors (Lipinski definition) is 0. The van der Waals surface area contributed by atoms with Crippen LogP contribution in [0.1, 0.15) is 33.6 Å². The molecule has 0 saturated carbocycles. The van der Waals surface area contributed by atoms with Crippen molar-refractivity contribution >= 4 is 23.6 Å². The van der Waals surface area contributed by atoms with Gasteiger partial charge in [0.15, 0.2) is 0 Å². The third kappa shape index (κ3) is 3.29. The summed E-state index contributed by atoms with van der Waals surface area (Å²) in [6, 6.07) is 0. The van der Waals surface area contributed by atoms with E-state index in [2.05, 4.69) is 6.92 Å². The lowest BCUT2D eigenvalue weighted by Gasteiger charge is -2.26. The van der Waals surface area contributed by atoms with Gasteiger partial charge in [-0.05, 0) is 43.8 Å². The second-order valence-corrected chi connectivity index (χ2v) is 3.64. The summed E-state index contributed by atoms with van der Waals surface area (Å²) in [6.07, 6.45) is 2.11. The van der Waals surface area contributed by atoms with Crippen molar-refractivity contribution in [3.8, 4) is 0 Å². The molecule has 9 heavy (non-hydrogen) atoms. The van der Waals surface area contributed by atoms with E-state index in [0.29, 0.717) is 0 Å². The second kappa shape index (κ2) is 3.65. The lowest BCUT2D eigenvalue weighted by atomic mass is 10.0. The SMILES string of the molecule is CCCC(C)(C)N(Cl)Cl. The van der Waals surface area contributed by atoms with Crippen LogP contribution in [-0.4, -0.2) is 9.48 Å². The van der Waals surface area contributed by atoms with Gasteiger partial charge in [0.25, 0.3) is 0 Å². The molecule has 0 atom stereocenters. The molecule has 0 saturated heterocycles. The highest BCUT2D eigenvalue weighted by Crippen LogP contribution is 2.24. The summed E-state index contributed by atoms with van der Waals surface area (Å²) in [5, 5.41) is 0. The van der Waals surface area contributed by atoms with Crippen molar-refractivity contribution in [2.45, 2.75) is 39.2 Å². The van der Waals surface area contributed by atoms with Crippen molar-refractivity contribution in [3.05, 3.63) is 0 Å². The van der Waals surface area contributed by atoms with Crippen molar-refractivity contribution in [2.75, 3.05) is 0 Å². The summed E-state index contributed by atoms with van der Waals surface area (Å²) >= 11 is 11.1. The largest absolute Gasteiger partial charge is 0.126 e. The van der Waals surface area contributed by atoms with E-state index in [1.165, 1.54) is 3.94 Å². The Balaban J connectivity index is 3.70. The molecule has 0 N–H and O–H groups in total. The zero-order valence-electron chi connectivity index (χ0n) is 6.12. The van der Waals surface area contributed by atoms with Crippen LogP contribution in [0.15, 0.2) is 0 Å². The molecule has 0 aromatic rings. The summed E-state index contributed by atoms with van der Waals surface area (Å²) in [5.41, 5.74) is -0.0855. The summed E-state index contributed by atoms with van der Waals surface area (Å²) in [5.74, 6) is 0. The van der Waals surface area contributed by atoms with Crippen molar-refractivity contribution in [1.29, 1.82) is 0 Å². The first-order valence-electron chi connectivity index (χ1n) is 3.12. The Morgan fingerprint density at radius 1 is 1.33 bits per heavy atom. The van der Waals surface area contributed by atoms with Gasteiger partial charge < -0.3 is 0 Å². The van der Waals surface area contributed by atoms with Crippen LogP contribution in [0.2, 0.25) is 0 Å². The van der Waals surface area contributed by atoms with Gasteiger partial charge in [-0.15, -0.1) is 3.94 Å². The molecule has 0 aliphatic rings. The van der Waals surface area contributed by atoms with Gasteiger partial charge in [-0.1, -0.05) is 13.3 Å². The molecular weight excluding hydrogens is 157 g/mol. The number of hydrogen-bond acceptors (Lipinski definition) is 1. The van der Waals surface area contributed by atoms with Gasteiger partial charge >= 0.3 is 0 Å². The van der Waals surface area contributed by atoms with Gasteiger partial charge in [-0.2, -0.15) is 0 Å². The van der Waals surface area contributed by atoms with E-state index >= 15 is 0 Å². The predicted molar refractivity (Wildman–Crippen MR) is 42.5 cm³/mol. The Hall–Kier alpha value is 0.540. The molecule has 0 bridgehead atoms. The first kappa shape index (κ1) is 9.54. The first-order chi connectivity index (χ1) is 4.00. The topological polar surface area (TPSA) is 3.24 Å². The maximum absolute atomic E-state index is 5.55. The molecule has 0 heterocycles. The first-order valence-corrected chi connectivity index (χ1v) is 3.80. The fraction of sp³-hybridized carbons (Fsp3) is 1.00. The van der Waals surface area contributed by atoms with Gasteiger partial charge in [0.05, 0.1) is 0 Å². The molecule has 1 nitrogen and oxygen atoms in total. The minimum atomic E-state index is -0.0855. The Morgan fingerprint density at radius 2 is 1.78 bits per heavy atom. The fourth-order valence-electron chi connectivity index (χ4n) is 0.696. The summed E-state index contributed by atoms with van der Waals surface area (Å²) < 4.78 is 1.22. The fourth-order valence-corrected chi connectivity index (χ4v) is 0.865. The van der Waals surface area contributed by atoms with Crippen molar-refractivity contribution in [3.63, 3.8) is 0 Å². The third-order valence-corrected chi connectivity index (χ3v) is 2.23. The van der Waals surface area contributed by atoms with E-state index in [-0.39, 0.29) is 5.54 Å². The lowest BCUT2D eigenvalue weighted by Crippen LogP contribution is -2.30. The van der Waals surface area contributed by atoms with Crippen molar-refractivity contribution in [1.82, 2.24) is 3.94 Å². The van der Waals surface area contributed by atoms with E-state index in [4.69, 9.17) is 23.6 Å². The molecule has 0 amide bonds. The molecule has 0 rings (SSSR count). The number of nitrogens with zero attached hydrogens (tertiary/aromatic N) is 1. The van der Waals surface area contributed by atoms with Crippen LogP contribution in [-0.2, 0) is 0 Å². The van der Waals surface area contributed by atoms with E-state index in [0.717, 1.165) is 12.8 Å². The van der Waals surface area contributed by atoms with Gasteiger partial charge in [0.1, 0.15) is 0 Å². The minimum Gasteiger partial charge on any atom is -0.126 e. The Morgan fingerprint density at radius 3 is 1.89 bits per heavy atom. The number of rotatable bonds is 3. The third-order valence-electron chi connectivity index (χ3n) is 1.32. The molecule has 0 unspecified atom stereocenters. The van der Waals surface area contributed by atoms with Crippen LogP contribution >= 0.6 is 23.6 Å². The second-order valence-electron chi connectivity index (χ2n) is 2.80. The van der Waals surface area contributed by atoms with Crippen LogP contribution in [0, 0.1) is 0 Å². The van der Waals surface area contributed by atoms with Gasteiger partial charge in [0.2, 0.25) is 0 Å². The molecule has 0 aliphatic carbocycles. The molecule has 0 aliphatic heterocycles. The van der Waals surface area contributed by atoms with Crippen LogP contribution in [0.25, 0.3) is 0 Å². The normalized spacial score (nSPS) is 12.7. The van der Waals surface area contributed by atoms with E-state index < -0.39 is 0 Å². The molecule has 0 aromatic heterocycles. The number of halogens is 2. The van der Waals surface area contributed by atoms with Crippen LogP contribution < -0.4 is 0 Å². The average Bonchev–Trinajstić information content (AvgIpc) is 1.65. The average molecular weight is 170 g/mol.